The lowest BCUT2D eigenvalue weighted by Gasteiger charge is -2.03. The van der Waals surface area contributed by atoms with Gasteiger partial charge in [0, 0.05) is 6.07 Å². The van der Waals surface area contributed by atoms with E-state index in [1.54, 1.807) is 0 Å². The summed E-state index contributed by atoms with van der Waals surface area (Å²) in [5, 5.41) is 13.3. The first-order valence-electron chi connectivity index (χ1n) is 4.99. The highest BCUT2D eigenvalue weighted by Gasteiger charge is 2.32. The smallest absolute Gasteiger partial charge is 0.258 e. The monoisotopic (exact) mass is 325 g/mol. The van der Waals surface area contributed by atoms with Crippen molar-refractivity contribution in [1.82, 2.24) is 9.78 Å². The van der Waals surface area contributed by atoms with Crippen LogP contribution in [-0.4, -0.2) is 14.7 Å². The molecule has 106 valence electrons. The first-order valence-corrected chi connectivity index (χ1v) is 5.75. The maximum absolute atomic E-state index is 13.3. The van der Waals surface area contributed by atoms with Crippen molar-refractivity contribution in [3.63, 3.8) is 0 Å². The molecule has 0 fully saturated rings. The highest BCUT2D eigenvalue weighted by Crippen LogP contribution is 2.36. The Hall–Kier alpha value is -1.80. The van der Waals surface area contributed by atoms with Gasteiger partial charge in [-0.15, -0.1) is 0 Å². The quantitative estimate of drug-likeness (QED) is 0.628. The molecule has 20 heavy (non-hydrogen) atoms. The molecule has 5 nitrogen and oxygen atoms in total. The Morgan fingerprint density at radius 2 is 2.00 bits per heavy atom. The molecule has 1 aromatic heterocycles. The van der Waals surface area contributed by atoms with Gasteiger partial charge in [-0.1, -0.05) is 23.2 Å². The molecule has 0 saturated heterocycles. The van der Waals surface area contributed by atoms with Crippen LogP contribution in [0.2, 0.25) is 10.2 Å². The first kappa shape index (κ1) is 14.6. The minimum atomic E-state index is -3.19. The van der Waals surface area contributed by atoms with Gasteiger partial charge in [0.25, 0.3) is 6.43 Å². The third-order valence-electron chi connectivity index (χ3n) is 2.37. The topological polar surface area (TPSA) is 61.0 Å². The van der Waals surface area contributed by atoms with Crippen LogP contribution in [0, 0.1) is 15.9 Å². The summed E-state index contributed by atoms with van der Waals surface area (Å²) < 4.78 is 39.4. The molecule has 0 saturated carbocycles. The first-order chi connectivity index (χ1) is 9.32. The van der Waals surface area contributed by atoms with Gasteiger partial charge < -0.3 is 0 Å². The van der Waals surface area contributed by atoms with Crippen molar-refractivity contribution in [3.8, 4) is 5.69 Å². The molecule has 0 bridgehead atoms. The lowest BCUT2D eigenvalue weighted by atomic mass is 10.3. The maximum atomic E-state index is 13.3. The van der Waals surface area contributed by atoms with E-state index < -0.39 is 33.7 Å². The predicted molar refractivity (Wildman–Crippen MR) is 65.2 cm³/mol. The van der Waals surface area contributed by atoms with Gasteiger partial charge >= 0.3 is 5.69 Å². The molecule has 2 aromatic rings. The molecule has 0 aliphatic carbocycles. The van der Waals surface area contributed by atoms with Gasteiger partial charge in [0.15, 0.2) is 0 Å². The molecule has 0 aliphatic rings. The summed E-state index contributed by atoms with van der Waals surface area (Å²) in [7, 11) is 0. The summed E-state index contributed by atoms with van der Waals surface area (Å²) >= 11 is 11.1. The zero-order chi connectivity index (χ0) is 15.0. The van der Waals surface area contributed by atoms with Crippen LogP contribution >= 0.6 is 23.2 Å². The Morgan fingerprint density at radius 1 is 1.35 bits per heavy atom. The number of hydrogen-bond acceptors (Lipinski definition) is 3. The molecule has 0 aliphatic heterocycles. The van der Waals surface area contributed by atoms with Crippen molar-refractivity contribution >= 4 is 28.9 Å². The largest absolute Gasteiger partial charge is 0.335 e. The van der Waals surface area contributed by atoms with E-state index in [9.17, 15) is 23.3 Å². The molecule has 0 atom stereocenters. The van der Waals surface area contributed by atoms with Gasteiger partial charge in [-0.3, -0.25) is 10.1 Å². The van der Waals surface area contributed by atoms with Crippen LogP contribution in [0.5, 0.6) is 0 Å². The minimum Gasteiger partial charge on any atom is -0.258 e. The van der Waals surface area contributed by atoms with Crippen LogP contribution in [0.4, 0.5) is 18.9 Å². The van der Waals surface area contributed by atoms with Crippen LogP contribution in [0.3, 0.4) is 0 Å². The van der Waals surface area contributed by atoms with Gasteiger partial charge in [-0.05, 0) is 12.1 Å². The van der Waals surface area contributed by atoms with Crippen molar-refractivity contribution in [1.29, 1.82) is 0 Å². The van der Waals surface area contributed by atoms with Crippen LogP contribution in [0.1, 0.15) is 12.1 Å². The van der Waals surface area contributed by atoms with Gasteiger partial charge in [-0.2, -0.15) is 5.10 Å². The summed E-state index contributed by atoms with van der Waals surface area (Å²) in [5.41, 5.74) is -2.17. The van der Waals surface area contributed by atoms with Gasteiger partial charge in [-0.25, -0.2) is 17.9 Å². The van der Waals surface area contributed by atoms with E-state index in [4.69, 9.17) is 23.2 Å². The van der Waals surface area contributed by atoms with E-state index >= 15 is 0 Å². The molecule has 1 heterocycles. The second kappa shape index (κ2) is 5.29. The number of nitrogens with zero attached hydrogens (tertiary/aromatic N) is 3. The molecular formula is C10H4Cl2F3N3O2. The van der Waals surface area contributed by atoms with Crippen molar-refractivity contribution < 1.29 is 18.1 Å². The minimum absolute atomic E-state index is 0.0631. The zero-order valence-corrected chi connectivity index (χ0v) is 10.9. The van der Waals surface area contributed by atoms with Gasteiger partial charge in [0.1, 0.15) is 5.82 Å². The molecule has 0 radical (unpaired) electrons. The second-order valence-electron chi connectivity index (χ2n) is 3.59. The van der Waals surface area contributed by atoms with Crippen LogP contribution in [0.15, 0.2) is 18.2 Å². The Morgan fingerprint density at radius 3 is 2.45 bits per heavy atom. The van der Waals surface area contributed by atoms with E-state index in [0.29, 0.717) is 4.68 Å². The average molecular weight is 326 g/mol. The summed E-state index contributed by atoms with van der Waals surface area (Å²) in [6.45, 7) is 0. The Kier molecular flexibility index (Phi) is 3.87. The third-order valence-corrected chi connectivity index (χ3v) is 3.01. The molecule has 0 spiro atoms. The van der Waals surface area contributed by atoms with E-state index in [2.05, 4.69) is 5.10 Å². The predicted octanol–water partition coefficient (Wildman–Crippen LogP) is 4.16. The summed E-state index contributed by atoms with van der Waals surface area (Å²) in [5.74, 6) is -0.836. The van der Waals surface area contributed by atoms with Crippen LogP contribution in [0.25, 0.3) is 5.69 Å². The summed E-state index contributed by atoms with van der Waals surface area (Å²) in [6.07, 6.45) is -3.19. The van der Waals surface area contributed by atoms with Crippen molar-refractivity contribution in [2.45, 2.75) is 6.43 Å². The molecule has 2 rings (SSSR count). The van der Waals surface area contributed by atoms with Crippen molar-refractivity contribution in [2.24, 2.45) is 0 Å². The van der Waals surface area contributed by atoms with E-state index in [-0.39, 0.29) is 10.7 Å². The number of hydrogen-bond donors (Lipinski definition) is 0. The molecule has 0 unspecified atom stereocenters. The maximum Gasteiger partial charge on any atom is 0.335 e. The molecular weight excluding hydrogens is 322 g/mol. The lowest BCUT2D eigenvalue weighted by molar-refractivity contribution is -0.386. The van der Waals surface area contributed by atoms with Crippen molar-refractivity contribution in [2.75, 3.05) is 0 Å². The lowest BCUT2D eigenvalue weighted by Crippen LogP contribution is -1.98. The highest BCUT2D eigenvalue weighted by atomic mass is 35.5. The molecule has 1 aromatic carbocycles. The van der Waals surface area contributed by atoms with Crippen LogP contribution < -0.4 is 0 Å². The molecule has 0 N–H and O–H groups in total. The zero-order valence-electron chi connectivity index (χ0n) is 9.36. The van der Waals surface area contributed by atoms with Gasteiger partial charge in [0.2, 0.25) is 10.8 Å². The Labute approximate surface area is 119 Å². The SMILES string of the molecule is O=[N+]([O-])c1c(C(F)F)nn(-c2ccc(Cl)c(F)c2)c1Cl. The van der Waals surface area contributed by atoms with E-state index in [1.165, 1.54) is 6.07 Å². The highest BCUT2D eigenvalue weighted by molar-refractivity contribution is 6.32. The van der Waals surface area contributed by atoms with Gasteiger partial charge in [0.05, 0.1) is 15.6 Å². The summed E-state index contributed by atoms with van der Waals surface area (Å²) in [6, 6.07) is 3.27. The molecule has 0 amide bonds. The third kappa shape index (κ3) is 2.44. The standard InChI is InChI=1S/C10H4Cl2F3N3O2/c11-5-2-1-4(3-6(5)13)17-9(12)8(18(19)20)7(16-17)10(14)15/h1-3,10H. The normalized spacial score (nSPS) is 11.1. The van der Waals surface area contributed by atoms with E-state index in [0.717, 1.165) is 12.1 Å². The Bertz CT molecular complexity index is 691. The Balaban J connectivity index is 2.66. The number of alkyl halides is 2. The van der Waals surface area contributed by atoms with Crippen LogP contribution in [-0.2, 0) is 0 Å². The number of nitro groups is 1. The molecule has 10 heteroatoms. The second-order valence-corrected chi connectivity index (χ2v) is 4.36. The number of benzene rings is 1. The fourth-order valence-corrected chi connectivity index (χ4v) is 1.93. The number of rotatable bonds is 3. The van der Waals surface area contributed by atoms with E-state index in [1.807, 2.05) is 0 Å². The fraction of sp³-hybridized carbons (Fsp3) is 0.100. The summed E-state index contributed by atoms with van der Waals surface area (Å²) in [4.78, 5) is 9.68. The average Bonchev–Trinajstić information content (AvgIpc) is 2.71. The number of halogens is 5. The number of aromatic nitrogens is 2. The van der Waals surface area contributed by atoms with Crippen molar-refractivity contribution in [3.05, 3.63) is 50.0 Å². The fourth-order valence-electron chi connectivity index (χ4n) is 1.51.